The van der Waals surface area contributed by atoms with E-state index in [4.69, 9.17) is 4.74 Å². The molecule has 0 saturated carbocycles. The molecule has 7 nitrogen and oxygen atoms in total. The molecule has 0 N–H and O–H groups in total. The number of rotatable bonds is 1. The SMILES string of the molecule is COC(=O)C1CN(C(=O)OC(C)(C)C)CC(=O)N1C. The van der Waals surface area contributed by atoms with Crippen molar-refractivity contribution in [1.29, 1.82) is 0 Å². The fraction of sp³-hybridized carbons (Fsp3) is 0.750. The third kappa shape index (κ3) is 3.84. The molecule has 0 aliphatic carbocycles. The van der Waals surface area contributed by atoms with Crippen molar-refractivity contribution in [2.24, 2.45) is 0 Å². The normalized spacial score (nSPS) is 20.3. The van der Waals surface area contributed by atoms with Gasteiger partial charge in [0.05, 0.1) is 13.7 Å². The van der Waals surface area contributed by atoms with Crippen LogP contribution >= 0.6 is 0 Å². The Morgan fingerprint density at radius 2 is 1.89 bits per heavy atom. The molecule has 0 aromatic carbocycles. The van der Waals surface area contributed by atoms with Gasteiger partial charge in [0, 0.05) is 7.05 Å². The van der Waals surface area contributed by atoms with Crippen LogP contribution in [0.4, 0.5) is 4.79 Å². The largest absolute Gasteiger partial charge is 0.467 e. The molecule has 1 aliphatic heterocycles. The first kappa shape index (κ1) is 15.3. The summed E-state index contributed by atoms with van der Waals surface area (Å²) < 4.78 is 9.81. The first-order chi connectivity index (χ1) is 8.65. The predicted octanol–water partition coefficient (Wildman–Crippen LogP) is 0.237. The van der Waals surface area contributed by atoms with Crippen LogP contribution in [0.25, 0.3) is 0 Å². The summed E-state index contributed by atoms with van der Waals surface area (Å²) in [6, 6.07) is -0.793. The van der Waals surface area contributed by atoms with Crippen LogP contribution in [0.2, 0.25) is 0 Å². The molecule has 2 amide bonds. The highest BCUT2D eigenvalue weighted by atomic mass is 16.6. The Labute approximate surface area is 112 Å². The molecule has 19 heavy (non-hydrogen) atoms. The fourth-order valence-corrected chi connectivity index (χ4v) is 1.68. The number of carbonyl (C=O) groups is 3. The van der Waals surface area contributed by atoms with Crippen LogP contribution in [-0.2, 0) is 19.1 Å². The first-order valence-electron chi connectivity index (χ1n) is 5.97. The van der Waals surface area contributed by atoms with Crippen molar-refractivity contribution in [2.45, 2.75) is 32.4 Å². The number of methoxy groups -OCH3 is 1. The van der Waals surface area contributed by atoms with E-state index in [9.17, 15) is 14.4 Å². The Morgan fingerprint density at radius 1 is 1.32 bits per heavy atom. The lowest BCUT2D eigenvalue weighted by Gasteiger charge is -2.37. The van der Waals surface area contributed by atoms with Crippen LogP contribution in [0.5, 0.6) is 0 Å². The Balaban J connectivity index is 2.79. The van der Waals surface area contributed by atoms with Crippen molar-refractivity contribution in [3.05, 3.63) is 0 Å². The molecule has 0 aromatic heterocycles. The van der Waals surface area contributed by atoms with Crippen LogP contribution in [0.15, 0.2) is 0 Å². The molecular formula is C12H20N2O5. The summed E-state index contributed by atoms with van der Waals surface area (Å²) in [5.74, 6) is -0.878. The lowest BCUT2D eigenvalue weighted by atomic mass is 10.1. The van der Waals surface area contributed by atoms with Crippen molar-refractivity contribution < 1.29 is 23.9 Å². The van der Waals surface area contributed by atoms with Gasteiger partial charge in [0.1, 0.15) is 18.2 Å². The standard InChI is InChI=1S/C12H20N2O5/c1-12(2,3)19-11(17)14-6-8(10(16)18-5)13(4)9(15)7-14/h8H,6-7H2,1-5H3. The number of amides is 2. The number of hydrogen-bond donors (Lipinski definition) is 0. The monoisotopic (exact) mass is 272 g/mol. The summed E-state index contributed by atoms with van der Waals surface area (Å²) in [5, 5.41) is 0. The quantitative estimate of drug-likeness (QED) is 0.639. The average Bonchev–Trinajstić information content (AvgIpc) is 2.29. The van der Waals surface area contributed by atoms with Crippen molar-refractivity contribution in [3.8, 4) is 0 Å². The maximum atomic E-state index is 11.9. The van der Waals surface area contributed by atoms with Crippen LogP contribution in [-0.4, -0.2) is 66.7 Å². The topological polar surface area (TPSA) is 76.1 Å². The van der Waals surface area contributed by atoms with E-state index in [2.05, 4.69) is 4.74 Å². The third-order valence-corrected chi connectivity index (χ3v) is 2.71. The molecule has 1 heterocycles. The molecule has 1 saturated heterocycles. The molecule has 0 bridgehead atoms. The van der Waals surface area contributed by atoms with E-state index in [1.807, 2.05) is 0 Å². The highest BCUT2D eigenvalue weighted by Crippen LogP contribution is 2.15. The van der Waals surface area contributed by atoms with Gasteiger partial charge in [-0.1, -0.05) is 0 Å². The molecule has 7 heteroatoms. The zero-order valence-corrected chi connectivity index (χ0v) is 11.9. The number of esters is 1. The highest BCUT2D eigenvalue weighted by Gasteiger charge is 2.38. The predicted molar refractivity (Wildman–Crippen MR) is 66.4 cm³/mol. The summed E-state index contributed by atoms with van der Waals surface area (Å²) in [6.45, 7) is 5.19. The molecular weight excluding hydrogens is 252 g/mol. The van der Waals surface area contributed by atoms with Crippen molar-refractivity contribution in [1.82, 2.24) is 9.80 Å². The minimum Gasteiger partial charge on any atom is -0.467 e. The molecule has 1 rings (SSSR count). The number of hydrogen-bond acceptors (Lipinski definition) is 5. The third-order valence-electron chi connectivity index (χ3n) is 2.71. The van der Waals surface area contributed by atoms with Gasteiger partial charge in [-0.3, -0.25) is 9.69 Å². The molecule has 0 radical (unpaired) electrons. The Morgan fingerprint density at radius 3 is 2.37 bits per heavy atom. The summed E-state index contributed by atoms with van der Waals surface area (Å²) in [5.41, 5.74) is -0.649. The van der Waals surface area contributed by atoms with E-state index < -0.39 is 23.7 Å². The van der Waals surface area contributed by atoms with Crippen LogP contribution in [0.3, 0.4) is 0 Å². The lowest BCUT2D eigenvalue weighted by molar-refractivity contribution is -0.156. The second-order valence-electron chi connectivity index (χ2n) is 5.40. The van der Waals surface area contributed by atoms with E-state index in [0.717, 1.165) is 0 Å². The summed E-state index contributed by atoms with van der Waals surface area (Å²) in [7, 11) is 2.75. The van der Waals surface area contributed by atoms with E-state index in [-0.39, 0.29) is 19.0 Å². The number of likely N-dealkylation sites (N-methyl/N-ethyl adjacent to an activating group) is 1. The number of ether oxygens (including phenoxy) is 2. The van der Waals surface area contributed by atoms with Crippen molar-refractivity contribution >= 4 is 18.0 Å². The van der Waals surface area contributed by atoms with Crippen LogP contribution in [0, 0.1) is 0 Å². The summed E-state index contributed by atoms with van der Waals surface area (Å²) in [4.78, 5) is 37.8. The van der Waals surface area contributed by atoms with Gasteiger partial charge in [-0.15, -0.1) is 0 Å². The second-order valence-corrected chi connectivity index (χ2v) is 5.40. The molecule has 1 atom stereocenters. The first-order valence-corrected chi connectivity index (χ1v) is 5.97. The van der Waals surface area contributed by atoms with E-state index >= 15 is 0 Å². The number of piperazine rings is 1. The zero-order valence-electron chi connectivity index (χ0n) is 11.9. The van der Waals surface area contributed by atoms with Gasteiger partial charge < -0.3 is 14.4 Å². The van der Waals surface area contributed by atoms with E-state index in [0.29, 0.717) is 0 Å². The van der Waals surface area contributed by atoms with Gasteiger partial charge >= 0.3 is 12.1 Å². The maximum Gasteiger partial charge on any atom is 0.410 e. The number of nitrogens with zero attached hydrogens (tertiary/aromatic N) is 2. The second kappa shape index (κ2) is 5.46. The van der Waals surface area contributed by atoms with Gasteiger partial charge in [-0.2, -0.15) is 0 Å². The number of carbonyl (C=O) groups excluding carboxylic acids is 3. The van der Waals surface area contributed by atoms with Crippen molar-refractivity contribution in [3.63, 3.8) is 0 Å². The van der Waals surface area contributed by atoms with Gasteiger partial charge in [0.2, 0.25) is 5.91 Å². The zero-order chi connectivity index (χ0) is 14.8. The minimum absolute atomic E-state index is 0.0732. The van der Waals surface area contributed by atoms with Gasteiger partial charge in [0.25, 0.3) is 0 Å². The maximum absolute atomic E-state index is 11.9. The molecule has 1 unspecified atom stereocenters. The highest BCUT2D eigenvalue weighted by molar-refractivity contribution is 5.89. The molecule has 1 aliphatic rings. The Hall–Kier alpha value is -1.79. The lowest BCUT2D eigenvalue weighted by Crippen LogP contribution is -2.59. The summed E-state index contributed by atoms with van der Waals surface area (Å²) in [6.07, 6.45) is -0.608. The Bertz CT molecular complexity index is 388. The molecule has 1 fully saturated rings. The molecule has 0 aromatic rings. The van der Waals surface area contributed by atoms with E-state index in [1.54, 1.807) is 20.8 Å². The minimum atomic E-state index is -0.793. The van der Waals surface area contributed by atoms with Gasteiger partial charge in [-0.25, -0.2) is 9.59 Å². The van der Waals surface area contributed by atoms with Gasteiger partial charge in [0.15, 0.2) is 0 Å². The fourth-order valence-electron chi connectivity index (χ4n) is 1.68. The average molecular weight is 272 g/mol. The smallest absolute Gasteiger partial charge is 0.410 e. The van der Waals surface area contributed by atoms with Crippen LogP contribution in [0.1, 0.15) is 20.8 Å². The van der Waals surface area contributed by atoms with Gasteiger partial charge in [-0.05, 0) is 20.8 Å². The molecule has 108 valence electrons. The Kier molecular flexibility index (Phi) is 4.39. The van der Waals surface area contributed by atoms with Crippen molar-refractivity contribution in [2.75, 3.05) is 27.2 Å². The summed E-state index contributed by atoms with van der Waals surface area (Å²) >= 11 is 0. The van der Waals surface area contributed by atoms with E-state index in [1.165, 1.54) is 24.0 Å². The molecule has 0 spiro atoms. The van der Waals surface area contributed by atoms with Crippen LogP contribution < -0.4 is 0 Å².